The number of nitrogens with zero attached hydrogens (tertiary/aromatic N) is 1. The largest absolute Gasteiger partial charge is 0.481 e. The highest BCUT2D eigenvalue weighted by molar-refractivity contribution is 5.75. The summed E-state index contributed by atoms with van der Waals surface area (Å²) in [5, 5.41) is 9.58. The van der Waals surface area contributed by atoms with Gasteiger partial charge in [-0.25, -0.2) is 0 Å². The Hall–Kier alpha value is -0.780. The van der Waals surface area contributed by atoms with Crippen LogP contribution < -0.4 is 0 Å². The molecule has 2 fully saturated rings. The first-order valence-corrected chi connectivity index (χ1v) is 7.75. The predicted molar refractivity (Wildman–Crippen MR) is 72.9 cm³/mol. The van der Waals surface area contributed by atoms with Crippen LogP contribution in [0.4, 0.5) is 13.2 Å². The molecule has 2 aliphatic rings. The van der Waals surface area contributed by atoms with Gasteiger partial charge < -0.3 is 10.0 Å². The molecule has 21 heavy (non-hydrogen) atoms. The predicted octanol–water partition coefficient (Wildman–Crippen LogP) is 3.54. The van der Waals surface area contributed by atoms with Crippen molar-refractivity contribution in [3.8, 4) is 0 Å². The molecule has 3 nitrogen and oxygen atoms in total. The fourth-order valence-corrected chi connectivity index (χ4v) is 3.60. The molecule has 1 aliphatic heterocycles. The maximum absolute atomic E-state index is 12.7. The zero-order valence-electron chi connectivity index (χ0n) is 12.5. The van der Waals surface area contributed by atoms with E-state index < -0.39 is 23.5 Å². The van der Waals surface area contributed by atoms with Crippen molar-refractivity contribution in [2.24, 2.45) is 17.3 Å². The number of rotatable bonds is 3. The zero-order chi connectivity index (χ0) is 15.7. The lowest BCUT2D eigenvalue weighted by Crippen LogP contribution is -2.48. The molecule has 1 heterocycles. The van der Waals surface area contributed by atoms with E-state index in [1.165, 1.54) is 0 Å². The highest BCUT2D eigenvalue weighted by Crippen LogP contribution is 2.41. The van der Waals surface area contributed by atoms with E-state index >= 15 is 0 Å². The monoisotopic (exact) mass is 307 g/mol. The lowest BCUT2D eigenvalue weighted by molar-refractivity contribution is -0.186. The van der Waals surface area contributed by atoms with Gasteiger partial charge in [-0.3, -0.25) is 4.79 Å². The van der Waals surface area contributed by atoms with E-state index in [9.17, 15) is 23.1 Å². The minimum Gasteiger partial charge on any atom is -0.481 e. The molecule has 0 aromatic carbocycles. The average molecular weight is 307 g/mol. The highest BCUT2D eigenvalue weighted by Gasteiger charge is 2.45. The molecule has 0 unspecified atom stereocenters. The second kappa shape index (κ2) is 6.15. The molecule has 1 N–H and O–H groups in total. The highest BCUT2D eigenvalue weighted by atomic mass is 19.4. The number of halogens is 3. The van der Waals surface area contributed by atoms with Gasteiger partial charge >= 0.3 is 12.1 Å². The van der Waals surface area contributed by atoms with Crippen LogP contribution in [-0.2, 0) is 4.79 Å². The topological polar surface area (TPSA) is 40.5 Å². The number of hydrogen-bond acceptors (Lipinski definition) is 2. The van der Waals surface area contributed by atoms with Gasteiger partial charge in [0.05, 0.1) is 11.3 Å². The molecule has 0 amide bonds. The van der Waals surface area contributed by atoms with Crippen molar-refractivity contribution in [3.05, 3.63) is 0 Å². The van der Waals surface area contributed by atoms with Crippen molar-refractivity contribution in [3.63, 3.8) is 0 Å². The molecular formula is C15H24F3NO2. The van der Waals surface area contributed by atoms with Crippen molar-refractivity contribution in [1.29, 1.82) is 0 Å². The number of piperidine rings is 1. The van der Waals surface area contributed by atoms with Gasteiger partial charge in [-0.1, -0.05) is 6.92 Å². The second-order valence-corrected chi connectivity index (χ2v) is 6.86. The molecule has 0 spiro atoms. The molecule has 2 rings (SSSR count). The van der Waals surface area contributed by atoms with Crippen LogP contribution in [0.3, 0.4) is 0 Å². The Kier molecular flexibility index (Phi) is 4.85. The lowest BCUT2D eigenvalue weighted by Gasteiger charge is -2.41. The Morgan fingerprint density at radius 1 is 1.19 bits per heavy atom. The quantitative estimate of drug-likeness (QED) is 0.867. The van der Waals surface area contributed by atoms with Crippen molar-refractivity contribution < 1.29 is 23.1 Å². The van der Waals surface area contributed by atoms with Crippen LogP contribution in [0.5, 0.6) is 0 Å². The number of carboxylic acids is 1. The smallest absolute Gasteiger partial charge is 0.391 e. The number of alkyl halides is 3. The van der Waals surface area contributed by atoms with Crippen LogP contribution in [0, 0.1) is 17.3 Å². The molecule has 122 valence electrons. The Labute approximate surface area is 123 Å². The van der Waals surface area contributed by atoms with E-state index in [4.69, 9.17) is 0 Å². The summed E-state index contributed by atoms with van der Waals surface area (Å²) in [6, 6.07) is 0. The zero-order valence-corrected chi connectivity index (χ0v) is 12.5. The summed E-state index contributed by atoms with van der Waals surface area (Å²) in [6.45, 7) is 3.24. The third kappa shape index (κ3) is 3.90. The van der Waals surface area contributed by atoms with Crippen LogP contribution in [0.15, 0.2) is 0 Å². The molecule has 1 aliphatic carbocycles. The number of carbonyl (C=O) groups is 1. The first kappa shape index (κ1) is 16.6. The Balaban J connectivity index is 1.93. The number of carboxylic acid groups (broad SMARTS) is 1. The molecule has 1 saturated heterocycles. The number of aliphatic carboxylic acids is 1. The Morgan fingerprint density at radius 2 is 1.71 bits per heavy atom. The number of hydrogen-bond donors (Lipinski definition) is 1. The minimum absolute atomic E-state index is 0.0929. The van der Waals surface area contributed by atoms with E-state index in [0.717, 1.165) is 12.8 Å². The summed E-state index contributed by atoms with van der Waals surface area (Å²) in [7, 11) is 0. The summed E-state index contributed by atoms with van der Waals surface area (Å²) >= 11 is 0. The third-order valence-electron chi connectivity index (χ3n) is 5.26. The fraction of sp³-hybridized carbons (Fsp3) is 0.933. The lowest BCUT2D eigenvalue weighted by atomic mass is 9.70. The van der Waals surface area contributed by atoms with Crippen molar-refractivity contribution in [2.45, 2.75) is 51.6 Å². The summed E-state index contributed by atoms with van der Waals surface area (Å²) in [6.07, 6.45) is -0.857. The Bertz CT molecular complexity index is 368. The maximum Gasteiger partial charge on any atom is 0.391 e. The van der Waals surface area contributed by atoms with E-state index in [1.54, 1.807) is 0 Å². The van der Waals surface area contributed by atoms with Crippen LogP contribution in [0.25, 0.3) is 0 Å². The van der Waals surface area contributed by atoms with E-state index in [2.05, 4.69) is 6.92 Å². The molecular weight excluding hydrogens is 283 g/mol. The van der Waals surface area contributed by atoms with Gasteiger partial charge in [0.25, 0.3) is 0 Å². The summed E-state index contributed by atoms with van der Waals surface area (Å²) in [5.41, 5.74) is -0.752. The third-order valence-corrected chi connectivity index (χ3v) is 5.26. The molecule has 0 aromatic heterocycles. The van der Waals surface area contributed by atoms with Crippen LogP contribution in [0.1, 0.15) is 45.4 Å². The molecule has 0 radical (unpaired) electrons. The SMILES string of the molecule is CC1CCC(CN2CCC(C(F)(F)F)CC2)(C(=O)O)CC1. The molecule has 0 atom stereocenters. The molecule has 1 saturated carbocycles. The van der Waals surface area contributed by atoms with Crippen LogP contribution in [-0.4, -0.2) is 41.8 Å². The molecule has 0 aromatic rings. The first-order chi connectivity index (χ1) is 9.73. The van der Waals surface area contributed by atoms with Gasteiger partial charge in [0.1, 0.15) is 0 Å². The van der Waals surface area contributed by atoms with E-state index in [1.807, 2.05) is 4.90 Å². The normalized spacial score (nSPS) is 33.0. The summed E-state index contributed by atoms with van der Waals surface area (Å²) < 4.78 is 38.0. The van der Waals surface area contributed by atoms with Gasteiger partial charge in [-0.05, 0) is 57.5 Å². The van der Waals surface area contributed by atoms with Gasteiger partial charge in [-0.15, -0.1) is 0 Å². The van der Waals surface area contributed by atoms with E-state index in [0.29, 0.717) is 38.4 Å². The minimum atomic E-state index is -4.11. The van der Waals surface area contributed by atoms with Gasteiger partial charge in [-0.2, -0.15) is 13.2 Å². The average Bonchev–Trinajstić information content (AvgIpc) is 2.41. The summed E-state index contributed by atoms with van der Waals surface area (Å²) in [4.78, 5) is 13.6. The van der Waals surface area contributed by atoms with Crippen molar-refractivity contribution >= 4 is 5.97 Å². The van der Waals surface area contributed by atoms with Crippen LogP contribution >= 0.6 is 0 Å². The first-order valence-electron chi connectivity index (χ1n) is 7.75. The second-order valence-electron chi connectivity index (χ2n) is 6.86. The standard InChI is InChI=1S/C15H24F3NO2/c1-11-2-6-14(7-3-11,13(20)21)10-19-8-4-12(5-9-19)15(16,17)18/h11-12H,2-10H2,1H3,(H,20,21). The van der Waals surface area contributed by atoms with Gasteiger partial charge in [0, 0.05) is 6.54 Å². The molecule has 6 heteroatoms. The number of likely N-dealkylation sites (tertiary alicyclic amines) is 1. The fourth-order valence-electron chi connectivity index (χ4n) is 3.60. The van der Waals surface area contributed by atoms with Crippen molar-refractivity contribution in [1.82, 2.24) is 4.90 Å². The van der Waals surface area contributed by atoms with Crippen molar-refractivity contribution in [2.75, 3.05) is 19.6 Å². The Morgan fingerprint density at radius 3 is 2.14 bits per heavy atom. The van der Waals surface area contributed by atoms with E-state index in [-0.39, 0.29) is 12.8 Å². The maximum atomic E-state index is 12.7. The summed E-state index contributed by atoms with van der Waals surface area (Å²) in [5.74, 6) is -1.46. The molecule has 0 bridgehead atoms. The van der Waals surface area contributed by atoms with Gasteiger partial charge in [0.15, 0.2) is 0 Å². The van der Waals surface area contributed by atoms with Gasteiger partial charge in [0.2, 0.25) is 0 Å². The van der Waals surface area contributed by atoms with Crippen LogP contribution in [0.2, 0.25) is 0 Å².